The van der Waals surface area contributed by atoms with E-state index in [9.17, 15) is 8.42 Å². The van der Waals surface area contributed by atoms with Gasteiger partial charge in [0.15, 0.2) is 5.54 Å². The summed E-state index contributed by atoms with van der Waals surface area (Å²) >= 11 is 8.25. The Morgan fingerprint density at radius 2 is 1.73 bits per heavy atom. The summed E-state index contributed by atoms with van der Waals surface area (Å²) < 4.78 is 41.5. The molecule has 48 heavy (non-hydrogen) atoms. The average molecular weight is 708 g/mol. The van der Waals surface area contributed by atoms with E-state index >= 15 is 4.79 Å². The molecule has 2 fully saturated rings. The number of methoxy groups -OCH3 is 2. The number of halogens is 1. The number of nitrogens with zero attached hydrogens (tertiary/aromatic N) is 5. The summed E-state index contributed by atoms with van der Waals surface area (Å²) in [6, 6.07) is 16.8. The topological polar surface area (TPSA) is 95.5 Å². The van der Waals surface area contributed by atoms with E-state index in [-0.39, 0.29) is 16.6 Å². The number of ether oxygens (including phenoxy) is 2. The Hall–Kier alpha value is -3.52. The lowest BCUT2D eigenvalue weighted by atomic mass is 9.80. The third-order valence-corrected chi connectivity index (χ3v) is 12.6. The van der Waals surface area contributed by atoms with Crippen LogP contribution in [0.15, 0.2) is 77.1 Å². The van der Waals surface area contributed by atoms with Gasteiger partial charge in [0.25, 0.3) is 15.9 Å². The van der Waals surface area contributed by atoms with Crippen LogP contribution in [-0.2, 0) is 26.9 Å². The van der Waals surface area contributed by atoms with Crippen LogP contribution >= 0.6 is 22.9 Å². The van der Waals surface area contributed by atoms with E-state index in [0.717, 1.165) is 53.9 Å². The van der Waals surface area contributed by atoms with Gasteiger partial charge in [-0.25, -0.2) is 17.7 Å². The van der Waals surface area contributed by atoms with Crippen molar-refractivity contribution in [1.29, 1.82) is 0 Å². The summed E-state index contributed by atoms with van der Waals surface area (Å²) in [5.74, 6) is 0.396. The number of rotatable bonds is 9. The molecular weight excluding hydrogens is 670 g/mol. The van der Waals surface area contributed by atoms with E-state index in [0.29, 0.717) is 40.7 Å². The third kappa shape index (κ3) is 5.48. The number of aromatic nitrogens is 1. The number of likely N-dealkylation sites (N-methyl/N-ethyl adjacent to an activating group) is 1. The molecule has 0 radical (unpaired) electrons. The minimum absolute atomic E-state index is 0.0259. The monoisotopic (exact) mass is 707 g/mol. The third-order valence-electron chi connectivity index (χ3n) is 9.73. The van der Waals surface area contributed by atoms with E-state index < -0.39 is 21.5 Å². The normalized spacial score (nSPS) is 22.3. The number of carbonyl (C=O) groups is 1. The Morgan fingerprint density at radius 1 is 0.958 bits per heavy atom. The molecule has 0 saturated carbocycles. The molecule has 0 N–H and O–H groups in total. The van der Waals surface area contributed by atoms with Crippen molar-refractivity contribution in [2.45, 2.75) is 35.9 Å². The molecule has 10 nitrogen and oxygen atoms in total. The molecule has 0 spiro atoms. The zero-order valence-corrected chi connectivity index (χ0v) is 29.5. The van der Waals surface area contributed by atoms with Crippen molar-refractivity contribution in [3.05, 3.63) is 99.0 Å². The molecule has 4 heterocycles. The van der Waals surface area contributed by atoms with E-state index in [2.05, 4.69) is 26.7 Å². The lowest BCUT2D eigenvalue weighted by molar-refractivity contribution is -0.127. The van der Waals surface area contributed by atoms with Gasteiger partial charge in [-0.1, -0.05) is 17.7 Å². The fraction of sp³-hybridized carbons (Fsp3) is 0.371. The molecule has 3 aliphatic rings. The molecule has 3 aliphatic heterocycles. The van der Waals surface area contributed by atoms with Crippen LogP contribution in [0.4, 0.5) is 5.69 Å². The Bertz CT molecular complexity index is 1920. The highest BCUT2D eigenvalue weighted by Crippen LogP contribution is 2.57. The summed E-state index contributed by atoms with van der Waals surface area (Å²) in [6.45, 7) is 5.00. The first-order valence-corrected chi connectivity index (χ1v) is 18.7. The van der Waals surface area contributed by atoms with Crippen LogP contribution in [0, 0.1) is 0 Å². The van der Waals surface area contributed by atoms with Gasteiger partial charge in [-0.3, -0.25) is 14.6 Å². The van der Waals surface area contributed by atoms with Gasteiger partial charge < -0.3 is 14.4 Å². The molecule has 13 heteroatoms. The fourth-order valence-corrected chi connectivity index (χ4v) is 9.77. The van der Waals surface area contributed by atoms with Gasteiger partial charge in [-0.15, -0.1) is 11.3 Å². The first-order valence-electron chi connectivity index (χ1n) is 16.0. The lowest BCUT2D eigenvalue weighted by Gasteiger charge is -2.42. The van der Waals surface area contributed by atoms with E-state index in [1.807, 2.05) is 23.6 Å². The Kier molecular flexibility index (Phi) is 8.99. The maximum absolute atomic E-state index is 15.6. The lowest BCUT2D eigenvalue weighted by Crippen LogP contribution is -2.54. The number of hydrogen-bond acceptors (Lipinski definition) is 10. The van der Waals surface area contributed by atoms with E-state index in [1.54, 1.807) is 43.6 Å². The Morgan fingerprint density at radius 3 is 2.42 bits per heavy atom. The first-order chi connectivity index (χ1) is 23.2. The second kappa shape index (κ2) is 13.1. The molecule has 4 aromatic rings. The van der Waals surface area contributed by atoms with Crippen LogP contribution in [0.25, 0.3) is 0 Å². The summed E-state index contributed by atoms with van der Waals surface area (Å²) in [5.41, 5.74) is 0.761. The van der Waals surface area contributed by atoms with Crippen LogP contribution in [0.2, 0.25) is 5.02 Å². The molecule has 7 rings (SSSR count). The van der Waals surface area contributed by atoms with Crippen molar-refractivity contribution in [2.75, 3.05) is 58.3 Å². The van der Waals surface area contributed by atoms with Gasteiger partial charge in [-0.05, 0) is 80.1 Å². The van der Waals surface area contributed by atoms with E-state index in [1.165, 1.54) is 30.6 Å². The summed E-state index contributed by atoms with van der Waals surface area (Å²) in [7, 11) is 0.840. The average Bonchev–Trinajstić information content (AvgIpc) is 3.85. The van der Waals surface area contributed by atoms with Gasteiger partial charge in [0, 0.05) is 67.0 Å². The molecule has 0 aliphatic carbocycles. The molecule has 2 saturated heterocycles. The molecule has 252 valence electrons. The summed E-state index contributed by atoms with van der Waals surface area (Å²) in [6.07, 6.45) is 3.32. The number of fused-ring (bicyclic) bond motifs is 1. The Balaban J connectivity index is 1.46. The van der Waals surface area contributed by atoms with Crippen molar-refractivity contribution in [3.63, 3.8) is 0 Å². The fourth-order valence-electron chi connectivity index (χ4n) is 7.36. The number of piperazine rings is 1. The van der Waals surface area contributed by atoms with Crippen LogP contribution in [0.1, 0.15) is 40.6 Å². The van der Waals surface area contributed by atoms with Gasteiger partial charge in [0.2, 0.25) is 0 Å². The number of sulfonamides is 1. The number of amides is 1. The number of anilines is 1. The first kappa shape index (κ1) is 33.0. The van der Waals surface area contributed by atoms with Crippen LogP contribution in [0.3, 0.4) is 0 Å². The predicted octanol–water partition coefficient (Wildman–Crippen LogP) is 5.38. The van der Waals surface area contributed by atoms with Crippen molar-refractivity contribution >= 4 is 44.6 Å². The maximum Gasteiger partial charge on any atom is 0.271 e. The smallest absolute Gasteiger partial charge is 0.271 e. The quantitative estimate of drug-likeness (QED) is 0.227. The van der Waals surface area contributed by atoms with Crippen LogP contribution < -0.4 is 13.8 Å². The second-order valence-corrected chi connectivity index (χ2v) is 15.6. The van der Waals surface area contributed by atoms with Crippen LogP contribution in [0.5, 0.6) is 11.5 Å². The van der Waals surface area contributed by atoms with Crippen molar-refractivity contribution in [2.24, 2.45) is 0 Å². The molecule has 2 unspecified atom stereocenters. The minimum atomic E-state index is -4.38. The maximum atomic E-state index is 15.6. The highest BCUT2D eigenvalue weighted by molar-refractivity contribution is 7.93. The van der Waals surface area contributed by atoms with Gasteiger partial charge in [-0.2, -0.15) is 0 Å². The number of thiazole rings is 1. The number of benzene rings is 3. The predicted molar refractivity (Wildman–Crippen MR) is 186 cm³/mol. The van der Waals surface area contributed by atoms with Gasteiger partial charge in [0.05, 0.1) is 30.8 Å². The molecule has 2 atom stereocenters. The number of likely N-dealkylation sites (tertiary alicyclic amines) is 1. The van der Waals surface area contributed by atoms with Crippen LogP contribution in [-0.4, -0.2) is 88.0 Å². The van der Waals surface area contributed by atoms with Gasteiger partial charge >= 0.3 is 0 Å². The minimum Gasteiger partial charge on any atom is -0.497 e. The highest BCUT2D eigenvalue weighted by atomic mass is 35.5. The zero-order chi connectivity index (χ0) is 33.6. The molecule has 1 amide bonds. The summed E-state index contributed by atoms with van der Waals surface area (Å²) in [4.78, 5) is 27.1. The highest BCUT2D eigenvalue weighted by Gasteiger charge is 2.62. The second-order valence-electron chi connectivity index (χ2n) is 12.5. The largest absolute Gasteiger partial charge is 0.497 e. The SMILES string of the molecule is COc1ccc(S(=O)(=O)N2C(=O)C(c3cc(CN4CCN(C)CC4)ccc3OC)(N3CCCC3c3nccs3)c3cc(Cl)ccc32)cc1. The number of carbonyl (C=O) groups excluding carboxylic acids is 1. The zero-order valence-electron chi connectivity index (χ0n) is 27.1. The number of hydrogen-bond donors (Lipinski definition) is 0. The Labute approximate surface area is 290 Å². The van der Waals surface area contributed by atoms with Gasteiger partial charge in [0.1, 0.15) is 16.5 Å². The van der Waals surface area contributed by atoms with Crippen molar-refractivity contribution < 1.29 is 22.7 Å². The summed E-state index contributed by atoms with van der Waals surface area (Å²) in [5, 5.41) is 3.19. The molecule has 1 aromatic heterocycles. The molecular formula is C35H38ClN5O5S2. The van der Waals surface area contributed by atoms with E-state index in [4.69, 9.17) is 21.1 Å². The molecule has 3 aromatic carbocycles. The standard InChI is InChI=1S/C35H38ClN5O5S2/c1-38-16-18-39(19-17-38)23-24-6-13-32(46-3)29(21-24)35(40-15-4-5-31(40)33-37-14-20-47-33)28-22-25(36)7-12-30(28)41(34(35)42)48(43,44)27-10-8-26(45-2)9-11-27/h6-14,20-22,31H,4-5,15-19,23H2,1-3H3. The van der Waals surface area contributed by atoms with Crippen molar-refractivity contribution in [1.82, 2.24) is 19.7 Å². The molecule has 0 bridgehead atoms. The van der Waals surface area contributed by atoms with Crippen molar-refractivity contribution in [3.8, 4) is 11.5 Å².